The highest BCUT2D eigenvalue weighted by atomic mass is 16.7. The van der Waals surface area contributed by atoms with E-state index in [-0.39, 0.29) is 12.2 Å². The van der Waals surface area contributed by atoms with E-state index in [1.165, 1.54) is 20.0 Å². The second-order valence-electron chi connectivity index (χ2n) is 5.18. The van der Waals surface area contributed by atoms with Crippen molar-refractivity contribution >= 4 is 23.6 Å². The van der Waals surface area contributed by atoms with Crippen LogP contribution in [0.25, 0.3) is 0 Å². The number of carbonyl (C=O) groups is 3. The van der Waals surface area contributed by atoms with E-state index in [0.717, 1.165) is 0 Å². The maximum atomic E-state index is 11.8. The molecule has 2 rings (SSSR count). The van der Waals surface area contributed by atoms with Crippen LogP contribution in [0.3, 0.4) is 0 Å². The summed E-state index contributed by atoms with van der Waals surface area (Å²) in [6.07, 6.45) is 1.18. The lowest BCUT2D eigenvalue weighted by Gasteiger charge is -2.29. The van der Waals surface area contributed by atoms with Crippen LogP contribution in [0.15, 0.2) is 36.0 Å². The number of hydrogen-bond donors (Lipinski definition) is 1. The largest absolute Gasteiger partial charge is 0.462 e. The van der Waals surface area contributed by atoms with Gasteiger partial charge in [0.05, 0.1) is 12.2 Å². The van der Waals surface area contributed by atoms with Gasteiger partial charge in [0, 0.05) is 25.7 Å². The Kier molecular flexibility index (Phi) is 4.68. The Morgan fingerprint density at radius 3 is 2.52 bits per heavy atom. The highest BCUT2D eigenvalue weighted by Crippen LogP contribution is 2.22. The second kappa shape index (κ2) is 6.51. The molecule has 1 N–H and O–H groups in total. The summed E-state index contributed by atoms with van der Waals surface area (Å²) in [7, 11) is 0. The third-order valence-electron chi connectivity index (χ3n) is 2.87. The van der Waals surface area contributed by atoms with Gasteiger partial charge in [-0.15, -0.1) is 0 Å². The summed E-state index contributed by atoms with van der Waals surface area (Å²) in [6.45, 7) is 4.92. The first-order chi connectivity index (χ1) is 10.8. The van der Waals surface area contributed by atoms with Gasteiger partial charge >= 0.3 is 17.9 Å². The number of carbonyl (C=O) groups excluding carboxylic acids is 3. The lowest BCUT2D eigenvalue weighted by molar-refractivity contribution is -0.222. The van der Waals surface area contributed by atoms with E-state index in [1.807, 2.05) is 0 Å². The predicted molar refractivity (Wildman–Crippen MR) is 80.4 cm³/mol. The Labute approximate surface area is 133 Å². The summed E-state index contributed by atoms with van der Waals surface area (Å²) in [4.78, 5) is 35.3. The van der Waals surface area contributed by atoms with Gasteiger partial charge in [-0.1, -0.05) is 6.07 Å². The van der Waals surface area contributed by atoms with Crippen molar-refractivity contribution < 1.29 is 28.6 Å². The first kappa shape index (κ1) is 16.5. The molecular formula is C16H17NO6. The number of nitrogens with one attached hydrogen (secondary N) is 1. The highest BCUT2D eigenvalue weighted by Gasteiger charge is 2.38. The third kappa shape index (κ3) is 4.09. The first-order valence-electron chi connectivity index (χ1n) is 7.03. The summed E-state index contributed by atoms with van der Waals surface area (Å²) in [5, 5.41) is 2.77. The molecule has 1 aromatic rings. The molecule has 7 nitrogen and oxygen atoms in total. The molecule has 0 saturated carbocycles. The van der Waals surface area contributed by atoms with Crippen molar-refractivity contribution in [1.29, 1.82) is 0 Å². The van der Waals surface area contributed by atoms with Gasteiger partial charge in [0.25, 0.3) is 5.79 Å². The molecule has 0 radical (unpaired) electrons. The van der Waals surface area contributed by atoms with Crippen LogP contribution in [-0.2, 0) is 23.8 Å². The van der Waals surface area contributed by atoms with E-state index in [2.05, 4.69) is 5.32 Å². The van der Waals surface area contributed by atoms with Gasteiger partial charge in [-0.05, 0) is 25.1 Å². The molecule has 23 heavy (non-hydrogen) atoms. The molecule has 0 amide bonds. The summed E-state index contributed by atoms with van der Waals surface area (Å²) in [5.74, 6) is -3.29. The van der Waals surface area contributed by atoms with Crippen LogP contribution in [0.1, 0.15) is 31.1 Å². The molecule has 0 aromatic heterocycles. The highest BCUT2D eigenvalue weighted by molar-refractivity contribution is 6.15. The molecule has 0 spiro atoms. The van der Waals surface area contributed by atoms with Crippen molar-refractivity contribution in [2.45, 2.75) is 26.6 Å². The SMILES string of the molecule is CCOC(=O)c1cccc(NC=C2C(=O)OC(C)(C)OC2=O)c1. The number of ether oxygens (including phenoxy) is 3. The standard InChI is InChI=1S/C16H17NO6/c1-4-21-13(18)10-6-5-7-11(8-10)17-9-12-14(19)22-16(2,3)23-15(12)20/h5-9,17H,4H2,1-3H3. The van der Waals surface area contributed by atoms with Crippen molar-refractivity contribution in [3.8, 4) is 0 Å². The Morgan fingerprint density at radius 2 is 1.91 bits per heavy atom. The minimum absolute atomic E-state index is 0.258. The number of benzene rings is 1. The van der Waals surface area contributed by atoms with Crippen LogP contribution >= 0.6 is 0 Å². The fourth-order valence-corrected chi connectivity index (χ4v) is 1.88. The zero-order valence-electron chi connectivity index (χ0n) is 13.0. The molecule has 0 atom stereocenters. The van der Waals surface area contributed by atoms with Crippen LogP contribution in [0.2, 0.25) is 0 Å². The van der Waals surface area contributed by atoms with Crippen molar-refractivity contribution in [1.82, 2.24) is 0 Å². The summed E-state index contributed by atoms with van der Waals surface area (Å²) < 4.78 is 14.9. The molecule has 7 heteroatoms. The van der Waals surface area contributed by atoms with Gasteiger partial charge in [-0.25, -0.2) is 14.4 Å². The quantitative estimate of drug-likeness (QED) is 0.515. The van der Waals surface area contributed by atoms with E-state index in [1.54, 1.807) is 31.2 Å². The van der Waals surface area contributed by atoms with Crippen LogP contribution < -0.4 is 5.32 Å². The zero-order chi connectivity index (χ0) is 17.0. The van der Waals surface area contributed by atoms with Crippen molar-refractivity contribution in [3.63, 3.8) is 0 Å². The summed E-state index contributed by atoms with van der Waals surface area (Å²) in [5.41, 5.74) is 0.601. The molecule has 1 fully saturated rings. The van der Waals surface area contributed by atoms with Gasteiger partial charge in [-0.3, -0.25) is 0 Å². The summed E-state index contributed by atoms with van der Waals surface area (Å²) >= 11 is 0. The summed E-state index contributed by atoms with van der Waals surface area (Å²) in [6, 6.07) is 6.46. The molecule has 0 aliphatic carbocycles. The van der Waals surface area contributed by atoms with Gasteiger partial charge in [0.1, 0.15) is 0 Å². The molecule has 0 unspecified atom stereocenters. The second-order valence-corrected chi connectivity index (χ2v) is 5.18. The van der Waals surface area contributed by atoms with E-state index < -0.39 is 23.7 Å². The van der Waals surface area contributed by atoms with E-state index >= 15 is 0 Å². The zero-order valence-corrected chi connectivity index (χ0v) is 13.0. The van der Waals surface area contributed by atoms with Gasteiger partial charge in [-0.2, -0.15) is 0 Å². The van der Waals surface area contributed by atoms with Crippen molar-refractivity contribution in [2.75, 3.05) is 11.9 Å². The van der Waals surface area contributed by atoms with Crippen LogP contribution in [0.5, 0.6) is 0 Å². The molecule has 122 valence electrons. The minimum atomic E-state index is -1.28. The molecular weight excluding hydrogens is 302 g/mol. The molecule has 1 aliphatic heterocycles. The third-order valence-corrected chi connectivity index (χ3v) is 2.87. The van der Waals surface area contributed by atoms with Gasteiger partial charge < -0.3 is 19.5 Å². The Hall–Kier alpha value is -2.83. The minimum Gasteiger partial charge on any atom is -0.462 e. The Morgan fingerprint density at radius 1 is 1.26 bits per heavy atom. The monoisotopic (exact) mass is 319 g/mol. The van der Waals surface area contributed by atoms with E-state index in [4.69, 9.17) is 14.2 Å². The predicted octanol–water partition coefficient (Wildman–Crippen LogP) is 2.00. The molecule has 1 heterocycles. The first-order valence-corrected chi connectivity index (χ1v) is 7.03. The Bertz CT molecular complexity index is 655. The molecule has 0 bridgehead atoms. The van der Waals surface area contributed by atoms with Crippen LogP contribution in [0.4, 0.5) is 5.69 Å². The number of anilines is 1. The lowest BCUT2D eigenvalue weighted by Crippen LogP contribution is -2.42. The average molecular weight is 319 g/mol. The maximum Gasteiger partial charge on any atom is 0.350 e. The van der Waals surface area contributed by atoms with E-state index in [9.17, 15) is 14.4 Å². The molecule has 1 aromatic carbocycles. The number of cyclic esters (lactones) is 2. The van der Waals surface area contributed by atoms with Crippen LogP contribution in [0, 0.1) is 0 Å². The normalized spacial score (nSPS) is 16.2. The van der Waals surface area contributed by atoms with Crippen molar-refractivity contribution in [2.24, 2.45) is 0 Å². The van der Waals surface area contributed by atoms with E-state index in [0.29, 0.717) is 11.3 Å². The topological polar surface area (TPSA) is 90.9 Å². The van der Waals surface area contributed by atoms with Gasteiger partial charge in [0.15, 0.2) is 5.57 Å². The molecule has 1 saturated heterocycles. The number of esters is 3. The number of rotatable bonds is 4. The average Bonchev–Trinajstić information content (AvgIpc) is 2.45. The fraction of sp³-hybridized carbons (Fsp3) is 0.312. The fourth-order valence-electron chi connectivity index (χ4n) is 1.88. The van der Waals surface area contributed by atoms with Gasteiger partial charge in [0.2, 0.25) is 0 Å². The molecule has 1 aliphatic rings. The van der Waals surface area contributed by atoms with Crippen LogP contribution in [-0.4, -0.2) is 30.3 Å². The number of hydrogen-bond acceptors (Lipinski definition) is 7. The lowest BCUT2D eigenvalue weighted by atomic mass is 10.2. The van der Waals surface area contributed by atoms with Crippen molar-refractivity contribution in [3.05, 3.63) is 41.6 Å². The smallest absolute Gasteiger partial charge is 0.350 e. The maximum absolute atomic E-state index is 11.8. The Balaban J connectivity index is 2.14.